The van der Waals surface area contributed by atoms with E-state index < -0.39 is 46.7 Å². The lowest BCUT2D eigenvalue weighted by atomic mass is 10.0. The van der Waals surface area contributed by atoms with Crippen LogP contribution >= 0.6 is 0 Å². The molecule has 32 heavy (non-hydrogen) atoms. The van der Waals surface area contributed by atoms with E-state index in [2.05, 4.69) is 0 Å². The molecular formula is C22H24O9S. The van der Waals surface area contributed by atoms with E-state index in [4.69, 9.17) is 23.1 Å². The standard InChI is InChI=1S/C22H24O9S/c1-14-9-11-17(12-10-14)32(25,26)31-19-18(29-15(2)23)13-28-22(27-3)20(19)30-21(24)16-7-5-4-6-8-16/h4-12,18-20,22H,13H2,1-3H3/t18-,19+,20+,22-/m0/s1. The van der Waals surface area contributed by atoms with Crippen LogP contribution in [0.2, 0.25) is 0 Å². The minimum atomic E-state index is -4.30. The van der Waals surface area contributed by atoms with Gasteiger partial charge in [-0.3, -0.25) is 8.98 Å². The van der Waals surface area contributed by atoms with Crippen LogP contribution in [-0.4, -0.2) is 58.7 Å². The van der Waals surface area contributed by atoms with Crippen LogP contribution in [0.3, 0.4) is 0 Å². The van der Waals surface area contributed by atoms with Gasteiger partial charge in [-0.15, -0.1) is 0 Å². The van der Waals surface area contributed by atoms with Crippen LogP contribution in [0.25, 0.3) is 0 Å². The molecule has 2 aromatic carbocycles. The molecule has 0 N–H and O–H groups in total. The summed E-state index contributed by atoms with van der Waals surface area (Å²) in [6.07, 6.45) is -5.05. The molecule has 0 saturated carbocycles. The lowest BCUT2D eigenvalue weighted by molar-refractivity contribution is -0.259. The number of esters is 2. The summed E-state index contributed by atoms with van der Waals surface area (Å²) in [5.74, 6) is -1.42. The van der Waals surface area contributed by atoms with Crippen molar-refractivity contribution in [1.82, 2.24) is 0 Å². The number of carbonyl (C=O) groups is 2. The van der Waals surface area contributed by atoms with Crippen molar-refractivity contribution < 1.29 is 41.1 Å². The van der Waals surface area contributed by atoms with E-state index in [1.165, 1.54) is 38.3 Å². The predicted octanol–water partition coefficient (Wildman–Crippen LogP) is 2.23. The van der Waals surface area contributed by atoms with Gasteiger partial charge in [-0.2, -0.15) is 8.42 Å². The van der Waals surface area contributed by atoms with E-state index in [9.17, 15) is 18.0 Å². The minimum Gasteiger partial charge on any atom is -0.457 e. The van der Waals surface area contributed by atoms with Gasteiger partial charge in [-0.05, 0) is 31.2 Å². The Hall–Kier alpha value is -2.79. The Kier molecular flexibility index (Phi) is 7.62. The molecule has 10 heteroatoms. The molecule has 1 aliphatic rings. The van der Waals surface area contributed by atoms with E-state index >= 15 is 0 Å². The Labute approximate surface area is 186 Å². The average molecular weight is 464 g/mol. The van der Waals surface area contributed by atoms with Crippen LogP contribution in [0.15, 0.2) is 59.5 Å². The summed E-state index contributed by atoms with van der Waals surface area (Å²) in [5.41, 5.74) is 1.10. The zero-order valence-corrected chi connectivity index (χ0v) is 18.6. The zero-order valence-electron chi connectivity index (χ0n) is 17.8. The highest BCUT2D eigenvalue weighted by molar-refractivity contribution is 7.86. The maximum atomic E-state index is 13.0. The lowest BCUT2D eigenvalue weighted by Crippen LogP contribution is -2.58. The summed E-state index contributed by atoms with van der Waals surface area (Å²) in [4.78, 5) is 24.2. The van der Waals surface area contributed by atoms with Crippen molar-refractivity contribution >= 4 is 22.1 Å². The first-order chi connectivity index (χ1) is 15.2. The highest BCUT2D eigenvalue weighted by Crippen LogP contribution is 2.28. The molecule has 1 aliphatic heterocycles. The number of aryl methyl sites for hydroxylation is 1. The second kappa shape index (κ2) is 10.2. The average Bonchev–Trinajstić information content (AvgIpc) is 2.76. The summed E-state index contributed by atoms with van der Waals surface area (Å²) in [6.45, 7) is 2.76. The first-order valence-corrected chi connectivity index (χ1v) is 11.2. The molecule has 0 radical (unpaired) electrons. The number of ether oxygens (including phenoxy) is 4. The molecule has 0 aliphatic carbocycles. The molecule has 0 bridgehead atoms. The molecule has 1 saturated heterocycles. The highest BCUT2D eigenvalue weighted by Gasteiger charge is 2.48. The monoisotopic (exact) mass is 464 g/mol. The van der Waals surface area contributed by atoms with Gasteiger partial charge in [0.2, 0.25) is 0 Å². The van der Waals surface area contributed by atoms with Crippen LogP contribution < -0.4 is 0 Å². The Morgan fingerprint density at radius 2 is 1.62 bits per heavy atom. The molecule has 0 aromatic heterocycles. The SMILES string of the molecule is CO[C@H]1OC[C@H](OC(C)=O)[C@@H](OS(=O)(=O)c2ccc(C)cc2)[C@H]1OC(=O)c1ccccc1. The summed E-state index contributed by atoms with van der Waals surface area (Å²) in [5, 5.41) is 0. The van der Waals surface area contributed by atoms with E-state index in [1.54, 1.807) is 30.3 Å². The van der Waals surface area contributed by atoms with Gasteiger partial charge in [0.15, 0.2) is 24.6 Å². The van der Waals surface area contributed by atoms with Crippen molar-refractivity contribution in [2.24, 2.45) is 0 Å². The van der Waals surface area contributed by atoms with Gasteiger partial charge in [-0.1, -0.05) is 35.9 Å². The predicted molar refractivity (Wildman–Crippen MR) is 111 cm³/mol. The third-order valence-corrected chi connectivity index (χ3v) is 6.06. The Morgan fingerprint density at radius 3 is 2.22 bits per heavy atom. The van der Waals surface area contributed by atoms with Gasteiger partial charge in [0.25, 0.3) is 10.1 Å². The first kappa shape index (κ1) is 23.9. The third kappa shape index (κ3) is 5.71. The smallest absolute Gasteiger partial charge is 0.338 e. The third-order valence-electron chi connectivity index (χ3n) is 4.73. The van der Waals surface area contributed by atoms with E-state index in [0.29, 0.717) is 0 Å². The fourth-order valence-electron chi connectivity index (χ4n) is 3.17. The molecule has 3 rings (SSSR count). The van der Waals surface area contributed by atoms with Crippen LogP contribution in [-0.2, 0) is 38.0 Å². The number of rotatable bonds is 7. The number of benzene rings is 2. The number of carbonyl (C=O) groups excluding carboxylic acids is 2. The molecule has 172 valence electrons. The second-order valence-electron chi connectivity index (χ2n) is 7.15. The van der Waals surface area contributed by atoms with Crippen molar-refractivity contribution in [1.29, 1.82) is 0 Å². The van der Waals surface area contributed by atoms with Gasteiger partial charge in [-0.25, -0.2) is 4.79 Å². The van der Waals surface area contributed by atoms with Crippen molar-refractivity contribution in [3.8, 4) is 0 Å². The first-order valence-electron chi connectivity index (χ1n) is 9.79. The maximum Gasteiger partial charge on any atom is 0.338 e. The van der Waals surface area contributed by atoms with Gasteiger partial charge in [0, 0.05) is 14.0 Å². The molecule has 0 spiro atoms. The largest absolute Gasteiger partial charge is 0.457 e. The van der Waals surface area contributed by atoms with Crippen LogP contribution in [0.4, 0.5) is 0 Å². The van der Waals surface area contributed by atoms with Gasteiger partial charge in [0.05, 0.1) is 17.1 Å². The summed E-state index contributed by atoms with van der Waals surface area (Å²) in [6, 6.07) is 14.1. The molecule has 1 heterocycles. The minimum absolute atomic E-state index is 0.0988. The fourth-order valence-corrected chi connectivity index (χ4v) is 4.28. The van der Waals surface area contributed by atoms with Gasteiger partial charge < -0.3 is 18.9 Å². The fraction of sp³-hybridized carbons (Fsp3) is 0.364. The maximum absolute atomic E-state index is 13.0. The van der Waals surface area contributed by atoms with E-state index in [0.717, 1.165) is 5.56 Å². The molecule has 0 unspecified atom stereocenters. The van der Waals surface area contributed by atoms with Crippen LogP contribution in [0.1, 0.15) is 22.8 Å². The van der Waals surface area contributed by atoms with Crippen molar-refractivity contribution in [3.63, 3.8) is 0 Å². The lowest BCUT2D eigenvalue weighted by Gasteiger charge is -2.39. The van der Waals surface area contributed by atoms with E-state index in [-0.39, 0.29) is 17.1 Å². The van der Waals surface area contributed by atoms with Crippen molar-refractivity contribution in [3.05, 3.63) is 65.7 Å². The molecular weight excluding hydrogens is 440 g/mol. The normalized spacial score (nSPS) is 23.3. The summed E-state index contributed by atoms with van der Waals surface area (Å²) >= 11 is 0. The molecule has 2 aromatic rings. The molecule has 0 amide bonds. The van der Waals surface area contributed by atoms with Gasteiger partial charge in [0.1, 0.15) is 0 Å². The zero-order chi connectivity index (χ0) is 23.3. The Balaban J connectivity index is 1.94. The highest BCUT2D eigenvalue weighted by atomic mass is 32.2. The van der Waals surface area contributed by atoms with Crippen LogP contribution in [0.5, 0.6) is 0 Å². The number of hydrogen-bond donors (Lipinski definition) is 0. The molecule has 1 fully saturated rings. The van der Waals surface area contributed by atoms with Gasteiger partial charge >= 0.3 is 11.9 Å². The molecule has 4 atom stereocenters. The number of hydrogen-bond acceptors (Lipinski definition) is 9. The van der Waals surface area contributed by atoms with Crippen molar-refractivity contribution in [2.75, 3.05) is 13.7 Å². The Morgan fingerprint density at radius 1 is 0.969 bits per heavy atom. The molecule has 9 nitrogen and oxygen atoms in total. The topological polar surface area (TPSA) is 114 Å². The van der Waals surface area contributed by atoms with Crippen LogP contribution in [0, 0.1) is 6.92 Å². The quantitative estimate of drug-likeness (QED) is 0.449. The number of methoxy groups -OCH3 is 1. The summed E-state index contributed by atoms with van der Waals surface area (Å²) in [7, 11) is -2.99. The Bertz CT molecular complexity index is 1030. The second-order valence-corrected chi connectivity index (χ2v) is 8.72. The summed E-state index contributed by atoms with van der Waals surface area (Å²) < 4.78 is 52.9. The van der Waals surface area contributed by atoms with E-state index in [1.807, 2.05) is 6.92 Å². The van der Waals surface area contributed by atoms with Crippen molar-refractivity contribution in [2.45, 2.75) is 43.3 Å².